The second-order valence-corrected chi connectivity index (χ2v) is 14.5. The Morgan fingerprint density at radius 3 is 2.00 bits per heavy atom. The summed E-state index contributed by atoms with van der Waals surface area (Å²) in [5.41, 5.74) is 0.554. The van der Waals surface area contributed by atoms with Crippen molar-refractivity contribution in [1.29, 1.82) is 0 Å². The Balaban J connectivity index is 4.92. The Bertz CT molecular complexity index is 249. The minimum atomic E-state index is -2.08. The van der Waals surface area contributed by atoms with Gasteiger partial charge in [0.2, 0.25) is 0 Å². The van der Waals surface area contributed by atoms with Crippen LogP contribution in [0.1, 0.15) is 47.5 Å². The Morgan fingerprint density at radius 2 is 1.63 bits per heavy atom. The molecule has 0 radical (unpaired) electrons. The van der Waals surface area contributed by atoms with Gasteiger partial charge in [0.15, 0.2) is 8.32 Å². The van der Waals surface area contributed by atoms with E-state index in [-0.39, 0.29) is 12.7 Å². The van der Waals surface area contributed by atoms with Gasteiger partial charge >= 0.3 is 8.56 Å². The first-order chi connectivity index (χ1) is 8.69. The number of hydrogen-bond donors (Lipinski definition) is 1. The van der Waals surface area contributed by atoms with E-state index >= 15 is 0 Å². The van der Waals surface area contributed by atoms with Crippen LogP contribution >= 0.6 is 0 Å². The fourth-order valence-corrected chi connectivity index (χ4v) is 11.8. The van der Waals surface area contributed by atoms with Crippen LogP contribution in [-0.2, 0) is 8.54 Å². The monoisotopic (exact) mass is 306 g/mol. The molecular formula is C14H34O3Si2. The van der Waals surface area contributed by atoms with Gasteiger partial charge in [-0.1, -0.05) is 27.2 Å². The topological polar surface area (TPSA) is 38.7 Å². The Labute approximate surface area is 122 Å². The van der Waals surface area contributed by atoms with E-state index < -0.39 is 16.9 Å². The zero-order valence-corrected chi connectivity index (χ0v) is 16.0. The summed E-state index contributed by atoms with van der Waals surface area (Å²) in [6.07, 6.45) is 2.18. The Hall–Kier alpha value is 0.314. The van der Waals surface area contributed by atoms with Gasteiger partial charge in [-0.15, -0.1) is 0 Å². The molecule has 0 aromatic carbocycles. The molecular weight excluding hydrogens is 272 g/mol. The molecule has 0 saturated heterocycles. The molecule has 0 rings (SSSR count). The number of aliphatic hydroxyl groups excluding tert-OH is 1. The number of rotatable bonds is 10. The first-order valence-corrected chi connectivity index (χ1v) is 12.9. The molecule has 0 saturated carbocycles. The van der Waals surface area contributed by atoms with Crippen LogP contribution in [0.5, 0.6) is 0 Å². The third kappa shape index (κ3) is 7.04. The van der Waals surface area contributed by atoms with Crippen molar-refractivity contribution in [3.63, 3.8) is 0 Å². The van der Waals surface area contributed by atoms with Crippen LogP contribution in [0, 0.1) is 0 Å². The average molecular weight is 307 g/mol. The van der Waals surface area contributed by atoms with Gasteiger partial charge in [0.25, 0.3) is 0 Å². The smallest absolute Gasteiger partial charge is 0.324 e. The fraction of sp³-hybridized carbons (Fsp3) is 1.00. The van der Waals surface area contributed by atoms with Gasteiger partial charge in [-0.25, -0.2) is 0 Å². The summed E-state index contributed by atoms with van der Waals surface area (Å²) >= 11 is 0. The van der Waals surface area contributed by atoms with Crippen LogP contribution < -0.4 is 0 Å². The molecule has 0 spiro atoms. The highest BCUT2D eigenvalue weighted by molar-refractivity contribution is 6.84. The van der Waals surface area contributed by atoms with E-state index in [1.54, 1.807) is 0 Å². The SMILES string of the molecule is CCC[Si](C)(OC(C)C)O[Si](C)(CCCO)C(C)C. The summed E-state index contributed by atoms with van der Waals surface area (Å²) in [6, 6.07) is 2.08. The predicted molar refractivity (Wildman–Crippen MR) is 87.2 cm³/mol. The van der Waals surface area contributed by atoms with Gasteiger partial charge in [0, 0.05) is 12.7 Å². The van der Waals surface area contributed by atoms with E-state index in [9.17, 15) is 0 Å². The molecule has 0 aliphatic heterocycles. The Morgan fingerprint density at radius 1 is 1.05 bits per heavy atom. The van der Waals surface area contributed by atoms with Crippen molar-refractivity contribution >= 4 is 16.9 Å². The van der Waals surface area contributed by atoms with Crippen molar-refractivity contribution in [3.8, 4) is 0 Å². The first-order valence-electron chi connectivity index (χ1n) is 7.68. The summed E-state index contributed by atoms with van der Waals surface area (Å²) in [6.45, 7) is 15.6. The van der Waals surface area contributed by atoms with E-state index in [4.69, 9.17) is 13.6 Å². The molecule has 1 N–H and O–H groups in total. The molecule has 0 aromatic rings. The van der Waals surface area contributed by atoms with E-state index in [1.807, 2.05) is 0 Å². The van der Waals surface area contributed by atoms with Crippen LogP contribution in [0.2, 0.25) is 30.7 Å². The fourth-order valence-electron chi connectivity index (χ4n) is 2.47. The second kappa shape index (κ2) is 8.57. The third-order valence-electron chi connectivity index (χ3n) is 3.69. The number of aliphatic hydroxyl groups is 1. The molecule has 5 heteroatoms. The lowest BCUT2D eigenvalue weighted by molar-refractivity contribution is 0.179. The van der Waals surface area contributed by atoms with Gasteiger partial charge in [0.1, 0.15) is 0 Å². The lowest BCUT2D eigenvalue weighted by atomic mass is 10.5. The lowest BCUT2D eigenvalue weighted by Crippen LogP contribution is -2.52. The molecule has 0 bridgehead atoms. The van der Waals surface area contributed by atoms with E-state index in [0.29, 0.717) is 5.54 Å². The molecule has 19 heavy (non-hydrogen) atoms. The second-order valence-electron chi connectivity index (χ2n) is 6.45. The molecule has 2 unspecified atom stereocenters. The van der Waals surface area contributed by atoms with Crippen LogP contribution in [0.4, 0.5) is 0 Å². The van der Waals surface area contributed by atoms with E-state index in [2.05, 4.69) is 47.7 Å². The molecule has 0 fully saturated rings. The first kappa shape index (κ1) is 19.3. The summed E-state index contributed by atoms with van der Waals surface area (Å²) in [4.78, 5) is 0. The zero-order chi connectivity index (χ0) is 15.1. The predicted octanol–water partition coefficient (Wildman–Crippen LogP) is 4.28. The molecule has 116 valence electrons. The van der Waals surface area contributed by atoms with E-state index in [0.717, 1.165) is 24.9 Å². The maximum Gasteiger partial charge on any atom is 0.324 e. The largest absolute Gasteiger partial charge is 0.435 e. The zero-order valence-electron chi connectivity index (χ0n) is 14.0. The van der Waals surface area contributed by atoms with Crippen LogP contribution in [0.25, 0.3) is 0 Å². The van der Waals surface area contributed by atoms with Crippen molar-refractivity contribution in [2.75, 3.05) is 6.61 Å². The molecule has 2 atom stereocenters. The lowest BCUT2D eigenvalue weighted by Gasteiger charge is -2.41. The van der Waals surface area contributed by atoms with Crippen molar-refractivity contribution in [2.45, 2.75) is 84.3 Å². The van der Waals surface area contributed by atoms with Gasteiger partial charge in [0.05, 0.1) is 0 Å². The van der Waals surface area contributed by atoms with Crippen LogP contribution in [0.15, 0.2) is 0 Å². The molecule has 0 aliphatic carbocycles. The highest BCUT2D eigenvalue weighted by atomic mass is 28.4. The molecule has 0 heterocycles. The minimum absolute atomic E-state index is 0.228. The molecule has 3 nitrogen and oxygen atoms in total. The van der Waals surface area contributed by atoms with Gasteiger partial charge in [-0.2, -0.15) is 0 Å². The summed E-state index contributed by atoms with van der Waals surface area (Å²) in [7, 11) is -3.89. The highest BCUT2D eigenvalue weighted by Crippen LogP contribution is 2.33. The van der Waals surface area contributed by atoms with Crippen LogP contribution in [0.3, 0.4) is 0 Å². The van der Waals surface area contributed by atoms with Crippen molar-refractivity contribution < 1.29 is 13.6 Å². The minimum Gasteiger partial charge on any atom is -0.435 e. The highest BCUT2D eigenvalue weighted by Gasteiger charge is 2.42. The molecule has 0 aliphatic rings. The summed E-state index contributed by atoms with van der Waals surface area (Å²) in [5, 5.41) is 9.11. The van der Waals surface area contributed by atoms with Crippen molar-refractivity contribution in [1.82, 2.24) is 0 Å². The Kier molecular flexibility index (Phi) is 8.71. The summed E-state index contributed by atoms with van der Waals surface area (Å²) < 4.78 is 12.9. The van der Waals surface area contributed by atoms with Crippen LogP contribution in [-0.4, -0.2) is 34.7 Å². The average Bonchev–Trinajstić information content (AvgIpc) is 2.24. The number of hydrogen-bond acceptors (Lipinski definition) is 3. The van der Waals surface area contributed by atoms with Gasteiger partial charge in [-0.3, -0.25) is 0 Å². The van der Waals surface area contributed by atoms with Crippen molar-refractivity contribution in [3.05, 3.63) is 0 Å². The molecule has 0 aromatic heterocycles. The quantitative estimate of drug-likeness (QED) is 0.612. The van der Waals surface area contributed by atoms with Crippen molar-refractivity contribution in [2.24, 2.45) is 0 Å². The maximum absolute atomic E-state index is 9.11. The van der Waals surface area contributed by atoms with E-state index in [1.165, 1.54) is 0 Å². The maximum atomic E-state index is 9.11. The molecule has 0 amide bonds. The van der Waals surface area contributed by atoms with Gasteiger partial charge in [-0.05, 0) is 51.0 Å². The normalized spacial score (nSPS) is 18.6. The third-order valence-corrected chi connectivity index (χ3v) is 13.5. The van der Waals surface area contributed by atoms with Gasteiger partial charge < -0.3 is 13.6 Å². The summed E-state index contributed by atoms with van der Waals surface area (Å²) in [5.74, 6) is 0. The standard InChI is InChI=1S/C14H34O3Si2/c1-8-11-19(7,16-13(2)3)17-18(6,14(4)5)12-9-10-15/h13-15H,8-12H2,1-7H3.